The zero-order valence-corrected chi connectivity index (χ0v) is 16.5. The molecule has 0 atom stereocenters. The summed E-state index contributed by atoms with van der Waals surface area (Å²) < 4.78 is 5.57. The molecule has 0 bridgehead atoms. The summed E-state index contributed by atoms with van der Waals surface area (Å²) in [6.07, 6.45) is 3.40. The Hall–Kier alpha value is -1.72. The second-order valence-electron chi connectivity index (χ2n) is 6.70. The van der Waals surface area contributed by atoms with Crippen LogP contribution in [0.4, 0.5) is 0 Å². The van der Waals surface area contributed by atoms with E-state index in [2.05, 4.69) is 12.1 Å². The fourth-order valence-corrected chi connectivity index (χ4v) is 6.04. The third-order valence-electron chi connectivity index (χ3n) is 4.89. The van der Waals surface area contributed by atoms with Gasteiger partial charge in [0.2, 0.25) is 0 Å². The monoisotopic (exact) mass is 384 g/mol. The largest absolute Gasteiger partial charge is 0.427 e. The first-order valence-electron chi connectivity index (χ1n) is 8.82. The van der Waals surface area contributed by atoms with Crippen molar-refractivity contribution in [1.82, 2.24) is 0 Å². The first kappa shape index (κ1) is 17.7. The van der Waals surface area contributed by atoms with E-state index in [1.807, 2.05) is 43.4 Å². The number of ketones is 1. The molecule has 1 aliphatic heterocycles. The molecule has 134 valence electrons. The van der Waals surface area contributed by atoms with Crippen LogP contribution in [0.5, 0.6) is 0 Å². The topological polar surface area (TPSA) is 43.4 Å². The van der Waals surface area contributed by atoms with E-state index >= 15 is 0 Å². The fourth-order valence-electron chi connectivity index (χ4n) is 3.58. The van der Waals surface area contributed by atoms with Gasteiger partial charge in [0.1, 0.15) is 5.76 Å². The molecule has 0 radical (unpaired) electrons. The maximum atomic E-state index is 12.8. The smallest absolute Gasteiger partial charge is 0.343 e. The summed E-state index contributed by atoms with van der Waals surface area (Å²) in [6.45, 7) is 4.04. The van der Waals surface area contributed by atoms with Crippen molar-refractivity contribution < 1.29 is 14.3 Å². The Kier molecular flexibility index (Phi) is 4.84. The van der Waals surface area contributed by atoms with E-state index in [4.69, 9.17) is 4.74 Å². The number of carbonyl (C=O) groups excluding carboxylic acids is 2. The lowest BCUT2D eigenvalue weighted by molar-refractivity contribution is -0.115. The Balaban J connectivity index is 1.79. The quantitative estimate of drug-likeness (QED) is 0.644. The van der Waals surface area contributed by atoms with Gasteiger partial charge in [0.25, 0.3) is 0 Å². The number of benzene rings is 2. The van der Waals surface area contributed by atoms with Crippen LogP contribution in [-0.4, -0.2) is 23.3 Å². The van der Waals surface area contributed by atoms with E-state index in [9.17, 15) is 9.59 Å². The number of ether oxygens (including phenoxy) is 1. The van der Waals surface area contributed by atoms with Crippen LogP contribution < -0.4 is 0 Å². The summed E-state index contributed by atoms with van der Waals surface area (Å²) in [4.78, 5) is 27.0. The summed E-state index contributed by atoms with van der Waals surface area (Å²) in [5.74, 6) is 2.36. The average Bonchev–Trinajstić information content (AvgIpc) is 2.63. The van der Waals surface area contributed by atoms with Crippen LogP contribution in [0.2, 0.25) is 0 Å². The number of rotatable bonds is 2. The second kappa shape index (κ2) is 7.12. The molecule has 0 fully saturated rings. The van der Waals surface area contributed by atoms with Gasteiger partial charge in [0.15, 0.2) is 5.78 Å². The summed E-state index contributed by atoms with van der Waals surface area (Å²) in [5, 5.41) is 2.36. The SMILES string of the molecule is Cc1cc(C(=O)OC2=CC(=O)CCC2)c(C)c2c3c(ccc12)SCCS3. The van der Waals surface area contributed by atoms with Crippen molar-refractivity contribution in [3.8, 4) is 0 Å². The molecule has 0 N–H and O–H groups in total. The van der Waals surface area contributed by atoms with Gasteiger partial charge >= 0.3 is 5.97 Å². The van der Waals surface area contributed by atoms with Crippen LogP contribution >= 0.6 is 23.5 Å². The Labute approximate surface area is 161 Å². The number of hydrogen-bond donors (Lipinski definition) is 0. The van der Waals surface area contributed by atoms with Gasteiger partial charge in [0, 0.05) is 45.6 Å². The summed E-state index contributed by atoms with van der Waals surface area (Å²) >= 11 is 3.75. The average molecular weight is 385 g/mol. The zero-order chi connectivity index (χ0) is 18.3. The molecule has 5 heteroatoms. The van der Waals surface area contributed by atoms with Gasteiger partial charge in [-0.25, -0.2) is 4.79 Å². The molecule has 0 unspecified atom stereocenters. The van der Waals surface area contributed by atoms with E-state index in [0.29, 0.717) is 24.2 Å². The predicted molar refractivity (Wildman–Crippen MR) is 107 cm³/mol. The molecule has 1 aliphatic carbocycles. The highest BCUT2D eigenvalue weighted by atomic mass is 32.2. The standard InChI is InChI=1S/C21H20O3S2/c1-12-10-17(21(23)24-15-5-3-4-14(22)11-15)13(2)19-16(12)6-7-18-20(19)26-9-8-25-18/h6-7,10-11H,3-5,8-9H2,1-2H3. The van der Waals surface area contributed by atoms with Crippen molar-refractivity contribution >= 4 is 46.0 Å². The van der Waals surface area contributed by atoms with E-state index in [1.54, 1.807) is 0 Å². The van der Waals surface area contributed by atoms with E-state index in [-0.39, 0.29) is 11.8 Å². The number of hydrogen-bond acceptors (Lipinski definition) is 5. The summed E-state index contributed by atoms with van der Waals surface area (Å²) in [5.41, 5.74) is 2.63. The van der Waals surface area contributed by atoms with Crippen LogP contribution in [0.15, 0.2) is 39.8 Å². The lowest BCUT2D eigenvalue weighted by Gasteiger charge is -2.21. The Bertz CT molecular complexity index is 960. The molecular weight excluding hydrogens is 364 g/mol. The lowest BCUT2D eigenvalue weighted by Crippen LogP contribution is -2.12. The van der Waals surface area contributed by atoms with Crippen molar-refractivity contribution in [1.29, 1.82) is 0 Å². The van der Waals surface area contributed by atoms with Crippen molar-refractivity contribution in [3.63, 3.8) is 0 Å². The first-order valence-corrected chi connectivity index (χ1v) is 10.8. The molecule has 0 saturated carbocycles. The highest BCUT2D eigenvalue weighted by molar-refractivity contribution is 8.05. The number of esters is 1. The van der Waals surface area contributed by atoms with Crippen molar-refractivity contribution in [2.24, 2.45) is 0 Å². The second-order valence-corrected chi connectivity index (χ2v) is 8.94. The Morgan fingerprint density at radius 1 is 1.12 bits per heavy atom. The van der Waals surface area contributed by atoms with E-state index in [1.165, 1.54) is 26.6 Å². The molecule has 0 aromatic heterocycles. The minimum absolute atomic E-state index is 0.0351. The number of aryl methyl sites for hydroxylation is 2. The first-order chi connectivity index (χ1) is 12.5. The molecule has 4 rings (SSSR count). The predicted octanol–water partition coefficient (Wildman–Crippen LogP) is 5.45. The number of allylic oxidation sites excluding steroid dienone is 2. The molecule has 3 nitrogen and oxygen atoms in total. The molecule has 2 aromatic carbocycles. The lowest BCUT2D eigenvalue weighted by atomic mass is 9.96. The van der Waals surface area contributed by atoms with Crippen LogP contribution in [0.25, 0.3) is 10.8 Å². The van der Waals surface area contributed by atoms with Gasteiger partial charge in [-0.15, -0.1) is 23.5 Å². The molecule has 0 amide bonds. The highest BCUT2D eigenvalue weighted by Crippen LogP contribution is 2.43. The fraction of sp³-hybridized carbons (Fsp3) is 0.333. The van der Waals surface area contributed by atoms with Gasteiger partial charge < -0.3 is 4.74 Å². The van der Waals surface area contributed by atoms with Crippen LogP contribution in [0, 0.1) is 13.8 Å². The van der Waals surface area contributed by atoms with Crippen LogP contribution in [0.3, 0.4) is 0 Å². The minimum Gasteiger partial charge on any atom is -0.427 e. The molecule has 26 heavy (non-hydrogen) atoms. The zero-order valence-electron chi connectivity index (χ0n) is 14.9. The van der Waals surface area contributed by atoms with E-state index < -0.39 is 0 Å². The van der Waals surface area contributed by atoms with Crippen LogP contribution in [0.1, 0.15) is 40.7 Å². The molecule has 2 aliphatic rings. The number of thioether (sulfide) groups is 2. The van der Waals surface area contributed by atoms with Crippen molar-refractivity contribution in [2.45, 2.75) is 42.9 Å². The normalized spacial score (nSPS) is 17.0. The van der Waals surface area contributed by atoms with Crippen LogP contribution in [-0.2, 0) is 9.53 Å². The summed E-state index contributed by atoms with van der Waals surface area (Å²) in [6, 6.07) is 6.27. The van der Waals surface area contributed by atoms with Gasteiger partial charge in [0.05, 0.1) is 5.56 Å². The Morgan fingerprint density at radius 3 is 2.73 bits per heavy atom. The Morgan fingerprint density at radius 2 is 1.92 bits per heavy atom. The summed E-state index contributed by atoms with van der Waals surface area (Å²) in [7, 11) is 0. The molecule has 1 heterocycles. The number of carbonyl (C=O) groups is 2. The third-order valence-corrected chi connectivity index (χ3v) is 7.45. The van der Waals surface area contributed by atoms with Gasteiger partial charge in [-0.05, 0) is 48.9 Å². The molecule has 0 saturated heterocycles. The number of fused-ring (bicyclic) bond motifs is 3. The minimum atomic E-state index is -0.362. The highest BCUT2D eigenvalue weighted by Gasteiger charge is 2.22. The van der Waals surface area contributed by atoms with Gasteiger partial charge in [-0.3, -0.25) is 4.79 Å². The van der Waals surface area contributed by atoms with E-state index in [0.717, 1.165) is 29.1 Å². The molecular formula is C21H20O3S2. The molecule has 0 spiro atoms. The van der Waals surface area contributed by atoms with Crippen molar-refractivity contribution in [3.05, 3.63) is 46.7 Å². The van der Waals surface area contributed by atoms with Crippen molar-refractivity contribution in [2.75, 3.05) is 11.5 Å². The maximum absolute atomic E-state index is 12.8. The maximum Gasteiger partial charge on any atom is 0.343 e. The third kappa shape index (κ3) is 3.19. The van der Waals surface area contributed by atoms with Gasteiger partial charge in [-0.2, -0.15) is 0 Å². The molecule has 2 aromatic rings. The van der Waals surface area contributed by atoms with Gasteiger partial charge in [-0.1, -0.05) is 6.07 Å².